The molecule has 2 heterocycles. The molecule has 1 aliphatic heterocycles. The van der Waals surface area contributed by atoms with Gasteiger partial charge in [0.05, 0.1) is 6.61 Å². The van der Waals surface area contributed by atoms with E-state index in [2.05, 4.69) is 0 Å². The molecule has 2 unspecified atom stereocenters. The number of halogens is 1. The van der Waals surface area contributed by atoms with Gasteiger partial charge in [-0.25, -0.2) is 4.79 Å². The number of hydrogen-bond acceptors (Lipinski definition) is 6. The van der Waals surface area contributed by atoms with Crippen LogP contribution in [0.2, 0.25) is 5.02 Å². The molecule has 0 spiro atoms. The summed E-state index contributed by atoms with van der Waals surface area (Å²) in [7, 11) is 0. The molecule has 0 aliphatic carbocycles. The van der Waals surface area contributed by atoms with Gasteiger partial charge in [0, 0.05) is 23.8 Å². The maximum atomic E-state index is 12.7. The predicted molar refractivity (Wildman–Crippen MR) is 93.1 cm³/mol. The van der Waals surface area contributed by atoms with E-state index >= 15 is 0 Å². The summed E-state index contributed by atoms with van der Waals surface area (Å²) in [5.74, 6) is 0. The van der Waals surface area contributed by atoms with Crippen molar-refractivity contribution in [3.8, 4) is 0 Å². The highest BCUT2D eigenvalue weighted by atomic mass is 35.5. The number of ether oxygens (including phenoxy) is 1. The average Bonchev–Trinajstić information content (AvgIpc) is 2.91. The molecule has 26 heavy (non-hydrogen) atoms. The maximum Gasteiger partial charge on any atom is 0.333 e. The van der Waals surface area contributed by atoms with Gasteiger partial charge < -0.3 is 20.1 Å². The molecule has 3 N–H and O–H groups in total. The lowest BCUT2D eigenvalue weighted by Gasteiger charge is -2.18. The van der Waals surface area contributed by atoms with E-state index in [1.165, 1.54) is 12.3 Å². The van der Waals surface area contributed by atoms with Crippen LogP contribution < -0.4 is 11.2 Å². The third-order valence-electron chi connectivity index (χ3n) is 4.42. The van der Waals surface area contributed by atoms with Gasteiger partial charge in [0.25, 0.3) is 5.56 Å². The molecule has 8 nitrogen and oxygen atoms in total. The van der Waals surface area contributed by atoms with Gasteiger partial charge in [-0.2, -0.15) is 0 Å². The lowest BCUT2D eigenvalue weighted by Crippen LogP contribution is -2.43. The smallest absolute Gasteiger partial charge is 0.333 e. The molecule has 1 aromatic carbocycles. The van der Waals surface area contributed by atoms with E-state index in [0.29, 0.717) is 11.4 Å². The van der Waals surface area contributed by atoms with Crippen molar-refractivity contribution in [1.29, 1.82) is 0 Å². The van der Waals surface area contributed by atoms with Gasteiger partial charge in [0.2, 0.25) is 0 Å². The summed E-state index contributed by atoms with van der Waals surface area (Å²) < 4.78 is 7.44. The fraction of sp³-hybridized carbons (Fsp3) is 0.412. The number of aryl methyl sites for hydroxylation is 1. The van der Waals surface area contributed by atoms with E-state index < -0.39 is 42.4 Å². The standard InChI is InChI=1S/C17H19ClN2O6/c18-11-3-1-10(2-4-11)5-7-19-13(22)6-8-20(17(19)25)16-15(24)14(23)12(9-21)26-16/h1-4,6,8,12,14-16,21,23-24H,5,7,9H2/t12-,14?,15?,16-/m1/s1. The fourth-order valence-corrected chi connectivity index (χ4v) is 3.06. The fourth-order valence-electron chi connectivity index (χ4n) is 2.93. The first-order chi connectivity index (χ1) is 12.4. The molecule has 1 aromatic heterocycles. The summed E-state index contributed by atoms with van der Waals surface area (Å²) in [4.78, 5) is 24.8. The molecule has 0 amide bonds. The van der Waals surface area contributed by atoms with Gasteiger partial charge in [-0.3, -0.25) is 13.9 Å². The SMILES string of the molecule is O=c1ccn([C@@H]2O[C@H](CO)C(O)C2O)c(=O)n1CCc1ccc(Cl)cc1. The third-order valence-corrected chi connectivity index (χ3v) is 4.68. The number of hydrogen-bond donors (Lipinski definition) is 3. The summed E-state index contributed by atoms with van der Waals surface area (Å²) >= 11 is 5.84. The zero-order valence-corrected chi connectivity index (χ0v) is 14.5. The van der Waals surface area contributed by atoms with Gasteiger partial charge in [0.15, 0.2) is 6.23 Å². The molecule has 4 atom stereocenters. The topological polar surface area (TPSA) is 114 Å². The molecule has 1 aliphatic rings. The number of aliphatic hydroxyl groups excluding tert-OH is 3. The van der Waals surface area contributed by atoms with Gasteiger partial charge in [0.1, 0.15) is 18.3 Å². The van der Waals surface area contributed by atoms with Crippen molar-refractivity contribution < 1.29 is 20.1 Å². The highest BCUT2D eigenvalue weighted by Gasteiger charge is 2.43. The van der Waals surface area contributed by atoms with E-state index in [-0.39, 0.29) is 6.54 Å². The van der Waals surface area contributed by atoms with Crippen LogP contribution in [0.5, 0.6) is 0 Å². The van der Waals surface area contributed by atoms with Crippen molar-refractivity contribution in [2.24, 2.45) is 0 Å². The van der Waals surface area contributed by atoms with Crippen molar-refractivity contribution in [1.82, 2.24) is 9.13 Å². The van der Waals surface area contributed by atoms with Crippen LogP contribution in [-0.2, 0) is 17.7 Å². The Bertz CT molecular complexity index is 878. The Morgan fingerprint density at radius 2 is 1.77 bits per heavy atom. The highest BCUT2D eigenvalue weighted by molar-refractivity contribution is 6.30. The minimum Gasteiger partial charge on any atom is -0.394 e. The summed E-state index contributed by atoms with van der Waals surface area (Å²) in [6, 6.07) is 8.25. The molecule has 1 saturated heterocycles. The molecule has 9 heteroatoms. The largest absolute Gasteiger partial charge is 0.394 e. The average molecular weight is 383 g/mol. The van der Waals surface area contributed by atoms with Crippen molar-refractivity contribution in [3.05, 3.63) is 68.0 Å². The van der Waals surface area contributed by atoms with E-state index in [0.717, 1.165) is 14.7 Å². The summed E-state index contributed by atoms with van der Waals surface area (Å²) in [6.45, 7) is -0.366. The molecule has 140 valence electrons. The molecule has 3 rings (SSSR count). The quantitative estimate of drug-likeness (QED) is 0.643. The third kappa shape index (κ3) is 3.60. The molecule has 0 bridgehead atoms. The first-order valence-corrected chi connectivity index (χ1v) is 8.49. The number of rotatable bonds is 5. The number of benzene rings is 1. The maximum absolute atomic E-state index is 12.7. The van der Waals surface area contributed by atoms with Crippen LogP contribution in [0.3, 0.4) is 0 Å². The van der Waals surface area contributed by atoms with Crippen LogP contribution >= 0.6 is 11.6 Å². The van der Waals surface area contributed by atoms with Crippen LogP contribution in [0.25, 0.3) is 0 Å². The van der Waals surface area contributed by atoms with Crippen LogP contribution in [0.15, 0.2) is 46.1 Å². The predicted octanol–water partition coefficient (Wildman–Crippen LogP) is -0.482. The molecular formula is C17H19ClN2O6. The summed E-state index contributed by atoms with van der Waals surface area (Å²) in [5.41, 5.74) is -0.239. The Kier molecular flexibility index (Phi) is 5.59. The summed E-state index contributed by atoms with van der Waals surface area (Å²) in [6.07, 6.45) is -3.26. The summed E-state index contributed by atoms with van der Waals surface area (Å²) in [5, 5.41) is 29.7. The molecular weight excluding hydrogens is 364 g/mol. The second-order valence-corrected chi connectivity index (χ2v) is 6.54. The Balaban J connectivity index is 1.86. The zero-order chi connectivity index (χ0) is 18.8. The highest BCUT2D eigenvalue weighted by Crippen LogP contribution is 2.27. The Morgan fingerprint density at radius 1 is 1.08 bits per heavy atom. The second-order valence-electron chi connectivity index (χ2n) is 6.10. The minimum absolute atomic E-state index is 0.134. The number of nitrogens with zero attached hydrogens (tertiary/aromatic N) is 2. The second kappa shape index (κ2) is 7.73. The van der Waals surface area contributed by atoms with Crippen molar-refractivity contribution >= 4 is 11.6 Å². The molecule has 0 saturated carbocycles. The Labute approximate surface area is 153 Å². The first-order valence-electron chi connectivity index (χ1n) is 8.11. The van der Waals surface area contributed by atoms with Gasteiger partial charge in [-0.15, -0.1) is 0 Å². The van der Waals surface area contributed by atoms with Crippen molar-refractivity contribution in [2.75, 3.05) is 6.61 Å². The van der Waals surface area contributed by atoms with E-state index in [1.807, 2.05) is 0 Å². The Morgan fingerprint density at radius 3 is 2.38 bits per heavy atom. The van der Waals surface area contributed by atoms with Gasteiger partial charge in [-0.05, 0) is 24.1 Å². The van der Waals surface area contributed by atoms with Gasteiger partial charge >= 0.3 is 5.69 Å². The Hall–Kier alpha value is -1.97. The van der Waals surface area contributed by atoms with Crippen LogP contribution in [0.1, 0.15) is 11.8 Å². The van der Waals surface area contributed by atoms with Crippen LogP contribution in [-0.4, -0.2) is 49.4 Å². The minimum atomic E-state index is -1.40. The normalized spacial score (nSPS) is 25.5. The molecule has 0 radical (unpaired) electrons. The number of aliphatic hydroxyl groups is 3. The zero-order valence-electron chi connectivity index (χ0n) is 13.7. The molecule has 1 fully saturated rings. The lowest BCUT2D eigenvalue weighted by molar-refractivity contribution is -0.0556. The van der Waals surface area contributed by atoms with E-state index in [4.69, 9.17) is 21.4 Å². The van der Waals surface area contributed by atoms with Crippen LogP contribution in [0, 0.1) is 0 Å². The molecule has 2 aromatic rings. The van der Waals surface area contributed by atoms with Gasteiger partial charge in [-0.1, -0.05) is 23.7 Å². The number of aromatic nitrogens is 2. The van der Waals surface area contributed by atoms with E-state index in [1.54, 1.807) is 24.3 Å². The lowest BCUT2D eigenvalue weighted by atomic mass is 10.1. The van der Waals surface area contributed by atoms with Crippen LogP contribution in [0.4, 0.5) is 0 Å². The van der Waals surface area contributed by atoms with E-state index in [9.17, 15) is 19.8 Å². The van der Waals surface area contributed by atoms with Crippen molar-refractivity contribution in [3.63, 3.8) is 0 Å². The van der Waals surface area contributed by atoms with Crippen molar-refractivity contribution in [2.45, 2.75) is 37.5 Å². The first kappa shape index (κ1) is 18.8. The monoisotopic (exact) mass is 382 g/mol.